The standard InChI is InChI=1S/C12H22N4OS/c1-5-16-10(3)11(8-14-16)9(2)15-12(18)13-6-7-17-4/h8-9H,5-7H2,1-4H3,(H2,13,15,18). The van der Waals surface area contributed by atoms with Crippen molar-refractivity contribution in [1.29, 1.82) is 0 Å². The molecule has 0 bridgehead atoms. The van der Waals surface area contributed by atoms with E-state index in [2.05, 4.69) is 36.5 Å². The highest BCUT2D eigenvalue weighted by molar-refractivity contribution is 7.80. The third-order valence-electron chi connectivity index (χ3n) is 2.85. The second-order valence-electron chi connectivity index (χ2n) is 4.12. The zero-order valence-electron chi connectivity index (χ0n) is 11.5. The normalized spacial score (nSPS) is 12.2. The van der Waals surface area contributed by atoms with Crippen molar-refractivity contribution in [2.24, 2.45) is 0 Å². The first-order chi connectivity index (χ1) is 8.60. The Morgan fingerprint density at radius 2 is 2.33 bits per heavy atom. The van der Waals surface area contributed by atoms with Crippen LogP contribution in [0.3, 0.4) is 0 Å². The van der Waals surface area contributed by atoms with Crippen LogP contribution in [0.1, 0.15) is 31.1 Å². The van der Waals surface area contributed by atoms with E-state index in [4.69, 9.17) is 17.0 Å². The Hall–Kier alpha value is -1.14. The van der Waals surface area contributed by atoms with Gasteiger partial charge in [0.15, 0.2) is 5.11 Å². The fourth-order valence-corrected chi connectivity index (χ4v) is 2.08. The first-order valence-electron chi connectivity index (χ1n) is 6.15. The highest BCUT2D eigenvalue weighted by Gasteiger charge is 2.13. The predicted octanol–water partition coefficient (Wildman–Crippen LogP) is 1.38. The highest BCUT2D eigenvalue weighted by Crippen LogP contribution is 2.16. The van der Waals surface area contributed by atoms with Crippen molar-refractivity contribution >= 4 is 17.3 Å². The van der Waals surface area contributed by atoms with Crippen molar-refractivity contribution in [2.75, 3.05) is 20.3 Å². The number of thiocarbonyl (C=S) groups is 1. The van der Waals surface area contributed by atoms with Crippen LogP contribution in [0.2, 0.25) is 0 Å². The number of rotatable bonds is 6. The van der Waals surface area contributed by atoms with Crippen LogP contribution in [-0.2, 0) is 11.3 Å². The van der Waals surface area contributed by atoms with E-state index in [0.29, 0.717) is 18.3 Å². The molecule has 0 aromatic carbocycles. The molecular weight excluding hydrogens is 248 g/mol. The molecule has 0 amide bonds. The average Bonchev–Trinajstić information content (AvgIpc) is 2.70. The molecule has 0 spiro atoms. The SMILES string of the molecule is CCn1ncc(C(C)NC(=S)NCCOC)c1C. The third-order valence-corrected chi connectivity index (χ3v) is 3.11. The Morgan fingerprint density at radius 1 is 1.61 bits per heavy atom. The third kappa shape index (κ3) is 3.96. The second-order valence-corrected chi connectivity index (χ2v) is 4.52. The van der Waals surface area contributed by atoms with Gasteiger partial charge in [0.25, 0.3) is 0 Å². The van der Waals surface area contributed by atoms with Gasteiger partial charge in [-0.1, -0.05) is 0 Å². The van der Waals surface area contributed by atoms with E-state index in [9.17, 15) is 0 Å². The summed E-state index contributed by atoms with van der Waals surface area (Å²) in [7, 11) is 1.67. The van der Waals surface area contributed by atoms with Crippen LogP contribution in [0, 0.1) is 6.92 Å². The lowest BCUT2D eigenvalue weighted by Crippen LogP contribution is -2.38. The maximum atomic E-state index is 5.22. The Morgan fingerprint density at radius 3 is 2.89 bits per heavy atom. The Labute approximate surface area is 114 Å². The number of ether oxygens (including phenoxy) is 1. The minimum absolute atomic E-state index is 0.146. The summed E-state index contributed by atoms with van der Waals surface area (Å²) in [5.41, 5.74) is 2.35. The monoisotopic (exact) mass is 270 g/mol. The lowest BCUT2D eigenvalue weighted by atomic mass is 10.1. The van der Waals surface area contributed by atoms with Crippen LogP contribution >= 0.6 is 12.2 Å². The Bertz CT molecular complexity index is 391. The number of hydrogen-bond acceptors (Lipinski definition) is 3. The molecule has 1 heterocycles. The van der Waals surface area contributed by atoms with Crippen molar-refractivity contribution in [1.82, 2.24) is 20.4 Å². The number of aromatic nitrogens is 2. The minimum atomic E-state index is 0.146. The van der Waals surface area contributed by atoms with Crippen LogP contribution in [0.15, 0.2) is 6.20 Å². The van der Waals surface area contributed by atoms with E-state index < -0.39 is 0 Å². The van der Waals surface area contributed by atoms with Gasteiger partial charge in [-0.3, -0.25) is 4.68 Å². The molecular formula is C12H22N4OS. The van der Waals surface area contributed by atoms with Gasteiger partial charge >= 0.3 is 0 Å². The summed E-state index contributed by atoms with van der Waals surface area (Å²) < 4.78 is 6.94. The van der Waals surface area contributed by atoms with Crippen LogP contribution in [0.5, 0.6) is 0 Å². The summed E-state index contributed by atoms with van der Waals surface area (Å²) in [5.74, 6) is 0. The van der Waals surface area contributed by atoms with Gasteiger partial charge in [-0.2, -0.15) is 5.10 Å². The number of methoxy groups -OCH3 is 1. The van der Waals surface area contributed by atoms with Crippen molar-refractivity contribution in [2.45, 2.75) is 33.4 Å². The summed E-state index contributed by atoms with van der Waals surface area (Å²) >= 11 is 5.22. The molecule has 1 aromatic heterocycles. The molecule has 0 radical (unpaired) electrons. The van der Waals surface area contributed by atoms with E-state index in [1.807, 2.05) is 10.9 Å². The van der Waals surface area contributed by atoms with Gasteiger partial charge in [-0.05, 0) is 33.0 Å². The molecule has 1 atom stereocenters. The second kappa shape index (κ2) is 7.33. The van der Waals surface area contributed by atoms with Crippen LogP contribution in [0.4, 0.5) is 0 Å². The van der Waals surface area contributed by atoms with E-state index in [-0.39, 0.29) is 6.04 Å². The fraction of sp³-hybridized carbons (Fsp3) is 0.667. The van der Waals surface area contributed by atoms with Crippen LogP contribution in [-0.4, -0.2) is 35.2 Å². The number of nitrogens with one attached hydrogen (secondary N) is 2. The zero-order chi connectivity index (χ0) is 13.5. The summed E-state index contributed by atoms with van der Waals surface area (Å²) in [6.07, 6.45) is 1.90. The van der Waals surface area contributed by atoms with E-state index in [1.165, 1.54) is 11.3 Å². The quantitative estimate of drug-likeness (QED) is 0.604. The topological polar surface area (TPSA) is 51.1 Å². The van der Waals surface area contributed by atoms with Crippen molar-refractivity contribution in [3.8, 4) is 0 Å². The molecule has 6 heteroatoms. The first-order valence-corrected chi connectivity index (χ1v) is 6.56. The van der Waals surface area contributed by atoms with Crippen molar-refractivity contribution in [3.05, 3.63) is 17.5 Å². The fourth-order valence-electron chi connectivity index (χ4n) is 1.80. The molecule has 102 valence electrons. The molecule has 18 heavy (non-hydrogen) atoms. The first kappa shape index (κ1) is 14.9. The van der Waals surface area contributed by atoms with Gasteiger partial charge in [0.2, 0.25) is 0 Å². The molecule has 0 aliphatic heterocycles. The van der Waals surface area contributed by atoms with Crippen molar-refractivity contribution < 1.29 is 4.74 Å². The minimum Gasteiger partial charge on any atom is -0.383 e. The largest absolute Gasteiger partial charge is 0.383 e. The van der Waals surface area contributed by atoms with Crippen molar-refractivity contribution in [3.63, 3.8) is 0 Å². The van der Waals surface area contributed by atoms with Gasteiger partial charge in [-0.25, -0.2) is 0 Å². The van der Waals surface area contributed by atoms with Gasteiger partial charge in [0.05, 0.1) is 18.8 Å². The van der Waals surface area contributed by atoms with Gasteiger partial charge in [0.1, 0.15) is 0 Å². The molecule has 1 rings (SSSR count). The molecule has 2 N–H and O–H groups in total. The highest BCUT2D eigenvalue weighted by atomic mass is 32.1. The molecule has 0 fully saturated rings. The summed E-state index contributed by atoms with van der Waals surface area (Å²) in [5, 5.41) is 11.3. The van der Waals surface area contributed by atoms with E-state index >= 15 is 0 Å². The molecule has 1 aromatic rings. The maximum Gasteiger partial charge on any atom is 0.166 e. The van der Waals surface area contributed by atoms with Gasteiger partial charge < -0.3 is 15.4 Å². The van der Waals surface area contributed by atoms with Crippen LogP contribution in [0.25, 0.3) is 0 Å². The predicted molar refractivity (Wildman–Crippen MR) is 76.7 cm³/mol. The smallest absolute Gasteiger partial charge is 0.166 e. The molecule has 0 saturated carbocycles. The Balaban J connectivity index is 2.51. The van der Waals surface area contributed by atoms with Gasteiger partial charge in [0, 0.05) is 31.5 Å². The van der Waals surface area contributed by atoms with E-state index in [0.717, 1.165) is 6.54 Å². The summed E-state index contributed by atoms with van der Waals surface area (Å²) in [6.45, 7) is 8.47. The Kier molecular flexibility index (Phi) is 6.07. The molecule has 0 saturated heterocycles. The molecule has 0 aliphatic carbocycles. The molecule has 0 aliphatic rings. The molecule has 1 unspecified atom stereocenters. The van der Waals surface area contributed by atoms with E-state index in [1.54, 1.807) is 7.11 Å². The number of hydrogen-bond donors (Lipinski definition) is 2. The lowest BCUT2D eigenvalue weighted by molar-refractivity contribution is 0.204. The van der Waals surface area contributed by atoms with Crippen LogP contribution < -0.4 is 10.6 Å². The maximum absolute atomic E-state index is 5.22. The summed E-state index contributed by atoms with van der Waals surface area (Å²) in [4.78, 5) is 0. The summed E-state index contributed by atoms with van der Waals surface area (Å²) in [6, 6.07) is 0.146. The average molecular weight is 270 g/mol. The number of nitrogens with zero attached hydrogens (tertiary/aromatic N) is 2. The number of aryl methyl sites for hydroxylation is 1. The molecule has 5 nitrogen and oxygen atoms in total. The zero-order valence-corrected chi connectivity index (χ0v) is 12.3. The lowest BCUT2D eigenvalue weighted by Gasteiger charge is -2.16. The van der Waals surface area contributed by atoms with Gasteiger partial charge in [-0.15, -0.1) is 0 Å².